The van der Waals surface area contributed by atoms with Crippen molar-refractivity contribution in [3.63, 3.8) is 0 Å². The van der Waals surface area contributed by atoms with Gasteiger partial charge in [0.2, 0.25) is 0 Å². The lowest BCUT2D eigenvalue weighted by molar-refractivity contribution is 0.160. The Labute approximate surface area is 180 Å². The molecule has 168 valence electrons. The number of rotatable bonds is 14. The standard InChI is InChI=1S/C28H56/c1-4-7-10-19-25-28(23-8-5-2,24-9-6-3)26-22-27-20-17-15-13-11-12-14-16-18-21-27/h27H,4-26H2,1-3H3. The molecule has 0 atom stereocenters. The molecular formula is C28H56. The molecule has 0 unspecified atom stereocenters. The zero-order valence-corrected chi connectivity index (χ0v) is 20.3. The summed E-state index contributed by atoms with van der Waals surface area (Å²) < 4.78 is 0. The van der Waals surface area contributed by atoms with Crippen LogP contribution in [0.4, 0.5) is 0 Å². The highest BCUT2D eigenvalue weighted by atomic mass is 14.3. The van der Waals surface area contributed by atoms with E-state index >= 15 is 0 Å². The van der Waals surface area contributed by atoms with Crippen LogP contribution < -0.4 is 0 Å². The van der Waals surface area contributed by atoms with Crippen molar-refractivity contribution in [3.8, 4) is 0 Å². The SMILES string of the molecule is CCCCCCC(CCCC)(CCCC)CCC1CCCCCCCCCC1. The van der Waals surface area contributed by atoms with Gasteiger partial charge in [0.25, 0.3) is 0 Å². The third-order valence-corrected chi connectivity index (χ3v) is 7.74. The lowest BCUT2D eigenvalue weighted by atomic mass is 9.69. The fraction of sp³-hybridized carbons (Fsp3) is 1.00. The number of unbranched alkanes of at least 4 members (excludes halogenated alkanes) is 5. The van der Waals surface area contributed by atoms with Gasteiger partial charge in [-0.1, -0.05) is 136 Å². The molecule has 0 spiro atoms. The predicted octanol–water partition coefficient (Wildman–Crippen LogP) is 10.6. The van der Waals surface area contributed by atoms with E-state index in [1.165, 1.54) is 135 Å². The van der Waals surface area contributed by atoms with Gasteiger partial charge in [-0.2, -0.15) is 0 Å². The van der Waals surface area contributed by atoms with E-state index in [1.807, 2.05) is 0 Å². The fourth-order valence-electron chi connectivity index (χ4n) is 5.65. The molecule has 0 aromatic rings. The molecule has 0 aromatic carbocycles. The van der Waals surface area contributed by atoms with Crippen LogP contribution in [-0.2, 0) is 0 Å². The van der Waals surface area contributed by atoms with Crippen LogP contribution >= 0.6 is 0 Å². The maximum Gasteiger partial charge on any atom is -0.0297 e. The molecule has 0 heterocycles. The topological polar surface area (TPSA) is 0 Å². The second-order valence-corrected chi connectivity index (χ2v) is 10.3. The summed E-state index contributed by atoms with van der Waals surface area (Å²) in [5.41, 5.74) is 0.686. The molecule has 0 radical (unpaired) electrons. The maximum absolute atomic E-state index is 2.39. The Morgan fingerprint density at radius 1 is 0.500 bits per heavy atom. The van der Waals surface area contributed by atoms with E-state index in [1.54, 1.807) is 12.8 Å². The molecule has 1 aliphatic rings. The summed E-state index contributed by atoms with van der Waals surface area (Å²) in [5.74, 6) is 1.04. The Morgan fingerprint density at radius 2 is 0.964 bits per heavy atom. The minimum Gasteiger partial charge on any atom is -0.0654 e. The predicted molar refractivity (Wildman–Crippen MR) is 129 cm³/mol. The zero-order chi connectivity index (χ0) is 20.3. The molecule has 1 aliphatic carbocycles. The summed E-state index contributed by atoms with van der Waals surface area (Å²) in [5, 5.41) is 0. The summed E-state index contributed by atoms with van der Waals surface area (Å²) in [6.45, 7) is 7.14. The molecule has 1 saturated carbocycles. The average molecular weight is 393 g/mol. The van der Waals surface area contributed by atoms with Crippen LogP contribution in [-0.4, -0.2) is 0 Å². The molecular weight excluding hydrogens is 336 g/mol. The number of hydrogen-bond acceptors (Lipinski definition) is 0. The third kappa shape index (κ3) is 12.5. The van der Waals surface area contributed by atoms with Crippen LogP contribution in [0.1, 0.15) is 168 Å². The van der Waals surface area contributed by atoms with Crippen LogP contribution in [0.15, 0.2) is 0 Å². The normalized spacial score (nSPS) is 18.1. The molecule has 0 amide bonds. The average Bonchev–Trinajstić information content (AvgIpc) is 2.78. The van der Waals surface area contributed by atoms with Crippen molar-refractivity contribution in [2.75, 3.05) is 0 Å². The highest BCUT2D eigenvalue weighted by Crippen LogP contribution is 2.43. The van der Waals surface area contributed by atoms with Gasteiger partial charge in [-0.05, 0) is 43.4 Å². The van der Waals surface area contributed by atoms with Gasteiger partial charge in [0.1, 0.15) is 0 Å². The summed E-state index contributed by atoms with van der Waals surface area (Å²) in [7, 11) is 0. The van der Waals surface area contributed by atoms with Gasteiger partial charge in [0.05, 0.1) is 0 Å². The highest BCUT2D eigenvalue weighted by Gasteiger charge is 2.29. The van der Waals surface area contributed by atoms with Crippen LogP contribution in [0.3, 0.4) is 0 Å². The molecule has 28 heavy (non-hydrogen) atoms. The van der Waals surface area contributed by atoms with E-state index in [4.69, 9.17) is 0 Å². The van der Waals surface area contributed by atoms with E-state index in [9.17, 15) is 0 Å². The Balaban J connectivity index is 2.64. The van der Waals surface area contributed by atoms with Crippen molar-refractivity contribution in [3.05, 3.63) is 0 Å². The second-order valence-electron chi connectivity index (χ2n) is 10.3. The minimum atomic E-state index is 0.686. The van der Waals surface area contributed by atoms with Crippen LogP contribution in [0.5, 0.6) is 0 Å². The van der Waals surface area contributed by atoms with Crippen LogP contribution in [0.2, 0.25) is 0 Å². The van der Waals surface area contributed by atoms with Crippen molar-refractivity contribution in [1.82, 2.24) is 0 Å². The van der Waals surface area contributed by atoms with E-state index < -0.39 is 0 Å². The molecule has 0 bridgehead atoms. The van der Waals surface area contributed by atoms with Crippen molar-refractivity contribution in [1.29, 1.82) is 0 Å². The maximum atomic E-state index is 2.39. The van der Waals surface area contributed by atoms with Gasteiger partial charge in [0.15, 0.2) is 0 Å². The molecule has 0 N–H and O–H groups in total. The molecule has 1 fully saturated rings. The molecule has 0 aromatic heterocycles. The van der Waals surface area contributed by atoms with E-state index in [-0.39, 0.29) is 0 Å². The Bertz CT molecular complexity index is 298. The summed E-state index contributed by atoms with van der Waals surface area (Å²) >= 11 is 0. The van der Waals surface area contributed by atoms with E-state index in [0.717, 1.165) is 5.92 Å². The lowest BCUT2D eigenvalue weighted by Crippen LogP contribution is -2.23. The molecule has 0 nitrogen and oxygen atoms in total. The molecule has 0 saturated heterocycles. The number of hydrogen-bond donors (Lipinski definition) is 0. The monoisotopic (exact) mass is 392 g/mol. The van der Waals surface area contributed by atoms with E-state index in [2.05, 4.69) is 20.8 Å². The van der Waals surface area contributed by atoms with Crippen molar-refractivity contribution in [2.24, 2.45) is 11.3 Å². The quantitative estimate of drug-likeness (QED) is 0.258. The van der Waals surface area contributed by atoms with Crippen LogP contribution in [0, 0.1) is 11.3 Å². The zero-order valence-electron chi connectivity index (χ0n) is 20.3. The summed E-state index contributed by atoms with van der Waals surface area (Å²) in [6.07, 6.45) is 34.2. The van der Waals surface area contributed by atoms with Gasteiger partial charge in [-0.3, -0.25) is 0 Å². The van der Waals surface area contributed by atoms with Gasteiger partial charge in [0, 0.05) is 0 Å². The summed E-state index contributed by atoms with van der Waals surface area (Å²) in [4.78, 5) is 0. The summed E-state index contributed by atoms with van der Waals surface area (Å²) in [6, 6.07) is 0. The Hall–Kier alpha value is 0. The van der Waals surface area contributed by atoms with Crippen molar-refractivity contribution in [2.45, 2.75) is 168 Å². The van der Waals surface area contributed by atoms with Gasteiger partial charge in [-0.15, -0.1) is 0 Å². The first-order valence-corrected chi connectivity index (χ1v) is 13.8. The lowest BCUT2D eigenvalue weighted by Gasteiger charge is -2.36. The third-order valence-electron chi connectivity index (χ3n) is 7.74. The fourth-order valence-corrected chi connectivity index (χ4v) is 5.65. The first kappa shape index (κ1) is 26.0. The first-order valence-electron chi connectivity index (χ1n) is 13.8. The van der Waals surface area contributed by atoms with Crippen molar-refractivity contribution >= 4 is 0 Å². The molecule has 0 aliphatic heterocycles. The van der Waals surface area contributed by atoms with Crippen molar-refractivity contribution < 1.29 is 0 Å². The highest BCUT2D eigenvalue weighted by molar-refractivity contribution is 4.81. The first-order chi connectivity index (χ1) is 13.8. The molecule has 0 heteroatoms. The van der Waals surface area contributed by atoms with Gasteiger partial charge in [-0.25, -0.2) is 0 Å². The van der Waals surface area contributed by atoms with Crippen LogP contribution in [0.25, 0.3) is 0 Å². The van der Waals surface area contributed by atoms with Gasteiger partial charge >= 0.3 is 0 Å². The van der Waals surface area contributed by atoms with E-state index in [0.29, 0.717) is 5.41 Å². The Kier molecular flexibility index (Phi) is 16.6. The second kappa shape index (κ2) is 17.8. The molecule has 1 rings (SSSR count). The smallest absolute Gasteiger partial charge is 0.0297 e. The minimum absolute atomic E-state index is 0.686. The Morgan fingerprint density at radius 3 is 1.46 bits per heavy atom. The van der Waals surface area contributed by atoms with Gasteiger partial charge < -0.3 is 0 Å². The largest absolute Gasteiger partial charge is 0.0654 e.